The van der Waals surface area contributed by atoms with Gasteiger partial charge in [-0.1, -0.05) is 42.8 Å². The minimum atomic E-state index is -3.95. The summed E-state index contributed by atoms with van der Waals surface area (Å²) in [5.41, 5.74) is 1.40. The van der Waals surface area contributed by atoms with Crippen LogP contribution in [0.3, 0.4) is 0 Å². The second-order valence-electron chi connectivity index (χ2n) is 9.10. The number of hydrogen-bond acceptors (Lipinski definition) is 7. The summed E-state index contributed by atoms with van der Waals surface area (Å²) >= 11 is 6.11. The molecule has 0 radical (unpaired) electrons. The topological polar surface area (TPSA) is 126 Å². The summed E-state index contributed by atoms with van der Waals surface area (Å²) in [5.74, 6) is -0.579. The van der Waals surface area contributed by atoms with E-state index in [9.17, 15) is 21.6 Å². The zero-order chi connectivity index (χ0) is 26.8. The second kappa shape index (κ2) is 10.9. The van der Waals surface area contributed by atoms with Gasteiger partial charge in [-0.05, 0) is 61.1 Å². The van der Waals surface area contributed by atoms with Crippen molar-refractivity contribution in [2.24, 2.45) is 5.92 Å². The molecule has 1 fully saturated rings. The molecule has 4 rings (SSSR count). The number of sulfone groups is 1. The molecule has 1 N–H and O–H groups in total. The number of rotatable bonds is 7. The Morgan fingerprint density at radius 2 is 1.70 bits per heavy atom. The van der Waals surface area contributed by atoms with Crippen LogP contribution in [0.15, 0.2) is 64.8 Å². The number of amides is 1. The lowest BCUT2D eigenvalue weighted by molar-refractivity contribution is 0.102. The monoisotopic (exact) mass is 562 g/mol. The molecule has 2 heterocycles. The average molecular weight is 563 g/mol. The molecule has 0 bridgehead atoms. The van der Waals surface area contributed by atoms with Crippen LogP contribution in [0.5, 0.6) is 0 Å². The first-order valence-electron chi connectivity index (χ1n) is 11.7. The molecular formula is C25H27ClN4O5S2. The number of carbonyl (C=O) groups excluding carboxylic acids is 1. The first kappa shape index (κ1) is 27.2. The van der Waals surface area contributed by atoms with Crippen molar-refractivity contribution < 1.29 is 21.6 Å². The Morgan fingerprint density at radius 3 is 2.35 bits per heavy atom. The van der Waals surface area contributed by atoms with Crippen LogP contribution in [0.25, 0.3) is 0 Å². The molecular weight excluding hydrogens is 536 g/mol. The van der Waals surface area contributed by atoms with Crippen LogP contribution >= 0.6 is 11.6 Å². The molecule has 1 aliphatic rings. The second-order valence-corrected chi connectivity index (χ2v) is 13.3. The Morgan fingerprint density at radius 1 is 1.05 bits per heavy atom. The van der Waals surface area contributed by atoms with Gasteiger partial charge in [0, 0.05) is 18.8 Å². The number of halogens is 1. The van der Waals surface area contributed by atoms with Gasteiger partial charge in [0.05, 0.1) is 21.9 Å². The first-order valence-corrected chi connectivity index (χ1v) is 15.2. The van der Waals surface area contributed by atoms with Crippen molar-refractivity contribution in [3.8, 4) is 0 Å². The van der Waals surface area contributed by atoms with Crippen molar-refractivity contribution in [1.82, 2.24) is 14.3 Å². The molecule has 196 valence electrons. The summed E-state index contributed by atoms with van der Waals surface area (Å²) < 4.78 is 53.2. The fourth-order valence-electron chi connectivity index (χ4n) is 3.98. The third kappa shape index (κ3) is 6.18. The van der Waals surface area contributed by atoms with Crippen LogP contribution in [-0.4, -0.2) is 50.1 Å². The van der Waals surface area contributed by atoms with Crippen LogP contribution in [0, 0.1) is 12.8 Å². The molecule has 0 aliphatic carbocycles. The molecule has 3 aromatic rings. The summed E-state index contributed by atoms with van der Waals surface area (Å²) in [5, 5.41) is 1.95. The number of nitrogens with one attached hydrogen (secondary N) is 1. The van der Waals surface area contributed by atoms with E-state index >= 15 is 0 Å². The summed E-state index contributed by atoms with van der Waals surface area (Å²) in [6.07, 6.45) is 2.70. The summed E-state index contributed by atoms with van der Waals surface area (Å²) in [6.45, 7) is 4.86. The number of piperidine rings is 1. The molecule has 0 saturated carbocycles. The van der Waals surface area contributed by atoms with Crippen molar-refractivity contribution in [2.45, 2.75) is 42.5 Å². The van der Waals surface area contributed by atoms with Crippen molar-refractivity contribution >= 4 is 43.1 Å². The van der Waals surface area contributed by atoms with E-state index in [4.69, 9.17) is 11.6 Å². The number of carbonyl (C=O) groups is 1. The summed E-state index contributed by atoms with van der Waals surface area (Å²) in [4.78, 5) is 20.8. The first-order chi connectivity index (χ1) is 17.5. The van der Waals surface area contributed by atoms with Crippen LogP contribution in [-0.2, 0) is 25.6 Å². The highest BCUT2D eigenvalue weighted by atomic mass is 35.5. The number of nitrogens with zero attached hydrogens (tertiary/aromatic N) is 3. The number of aryl methyl sites for hydroxylation is 1. The Bertz CT molecular complexity index is 1520. The van der Waals surface area contributed by atoms with E-state index in [-0.39, 0.29) is 21.4 Å². The quantitative estimate of drug-likeness (QED) is 0.430. The molecule has 0 unspecified atom stereocenters. The Labute approximate surface area is 221 Å². The maximum Gasteiger partial charge on any atom is 0.275 e. The van der Waals surface area contributed by atoms with Gasteiger partial charge in [-0.2, -0.15) is 4.31 Å². The van der Waals surface area contributed by atoms with E-state index in [1.807, 2.05) is 6.07 Å². The highest BCUT2D eigenvalue weighted by Gasteiger charge is 2.28. The molecule has 37 heavy (non-hydrogen) atoms. The van der Waals surface area contributed by atoms with Crippen molar-refractivity contribution in [2.75, 3.05) is 18.4 Å². The minimum Gasteiger partial charge on any atom is -0.321 e. The predicted molar refractivity (Wildman–Crippen MR) is 141 cm³/mol. The standard InChI is InChI=1S/C25H27ClN4O5S2/c1-17-11-13-30(14-12-17)37(34,35)21-9-7-20(8-10-21)28-24(31)23-22(26)15-27-25(29-23)36(32,33)16-19-6-4-3-5-18(19)2/h3-10,15,17H,11-14,16H2,1-2H3,(H,28,31). The molecule has 2 aromatic carbocycles. The van der Waals surface area contributed by atoms with E-state index in [2.05, 4.69) is 22.2 Å². The van der Waals surface area contributed by atoms with E-state index in [1.54, 1.807) is 25.1 Å². The maximum absolute atomic E-state index is 12.9. The molecule has 9 nitrogen and oxygen atoms in total. The zero-order valence-corrected chi connectivity index (χ0v) is 22.8. The normalized spacial score (nSPS) is 15.4. The van der Waals surface area contributed by atoms with Crippen molar-refractivity contribution in [3.63, 3.8) is 0 Å². The SMILES string of the molecule is Cc1ccccc1CS(=O)(=O)c1ncc(Cl)c(C(=O)Nc2ccc(S(=O)(=O)N3CCC(C)CC3)cc2)n1. The highest BCUT2D eigenvalue weighted by Crippen LogP contribution is 2.25. The van der Waals surface area contributed by atoms with E-state index in [0.717, 1.165) is 24.6 Å². The van der Waals surface area contributed by atoms with Gasteiger partial charge in [-0.3, -0.25) is 4.79 Å². The fraction of sp³-hybridized carbons (Fsp3) is 0.320. The summed E-state index contributed by atoms with van der Waals surface area (Å²) in [6, 6.07) is 12.8. The van der Waals surface area contributed by atoms with Crippen LogP contribution in [0.2, 0.25) is 5.02 Å². The number of hydrogen-bond donors (Lipinski definition) is 1. The minimum absolute atomic E-state index is 0.120. The molecule has 0 spiro atoms. The predicted octanol–water partition coefficient (Wildman–Crippen LogP) is 4.09. The number of anilines is 1. The van der Waals surface area contributed by atoms with E-state index in [0.29, 0.717) is 30.3 Å². The van der Waals surface area contributed by atoms with E-state index in [1.165, 1.54) is 28.6 Å². The molecule has 1 aromatic heterocycles. The molecule has 1 aliphatic heterocycles. The fourth-order valence-corrected chi connectivity index (χ4v) is 6.93. The third-order valence-electron chi connectivity index (χ3n) is 6.31. The Hall–Kier alpha value is -2.86. The highest BCUT2D eigenvalue weighted by molar-refractivity contribution is 7.90. The number of aromatic nitrogens is 2. The van der Waals surface area contributed by atoms with Crippen molar-refractivity contribution in [1.29, 1.82) is 0 Å². The molecule has 1 saturated heterocycles. The van der Waals surface area contributed by atoms with Gasteiger partial charge >= 0.3 is 0 Å². The van der Waals surface area contributed by atoms with Crippen LogP contribution in [0.4, 0.5) is 5.69 Å². The van der Waals surface area contributed by atoms with Gasteiger partial charge in [-0.25, -0.2) is 26.8 Å². The number of benzene rings is 2. The lowest BCUT2D eigenvalue weighted by atomic mass is 10.0. The van der Waals surface area contributed by atoms with Crippen LogP contribution < -0.4 is 5.32 Å². The van der Waals surface area contributed by atoms with Crippen LogP contribution in [0.1, 0.15) is 41.4 Å². The van der Waals surface area contributed by atoms with Gasteiger partial charge < -0.3 is 5.32 Å². The van der Waals surface area contributed by atoms with E-state index < -0.39 is 30.9 Å². The molecule has 1 amide bonds. The Kier molecular flexibility index (Phi) is 7.98. The zero-order valence-electron chi connectivity index (χ0n) is 20.4. The number of sulfonamides is 1. The van der Waals surface area contributed by atoms with Gasteiger partial charge in [0.25, 0.3) is 5.91 Å². The lowest BCUT2D eigenvalue weighted by Crippen LogP contribution is -2.37. The Balaban J connectivity index is 1.50. The van der Waals surface area contributed by atoms with Gasteiger partial charge in [-0.15, -0.1) is 0 Å². The van der Waals surface area contributed by atoms with Gasteiger partial charge in [0.15, 0.2) is 5.69 Å². The lowest BCUT2D eigenvalue weighted by Gasteiger charge is -2.29. The average Bonchev–Trinajstić information content (AvgIpc) is 2.86. The largest absolute Gasteiger partial charge is 0.321 e. The third-order valence-corrected chi connectivity index (χ3v) is 9.95. The van der Waals surface area contributed by atoms with Gasteiger partial charge in [0.1, 0.15) is 0 Å². The molecule has 0 atom stereocenters. The maximum atomic E-state index is 12.9. The summed E-state index contributed by atoms with van der Waals surface area (Å²) in [7, 11) is -7.58. The molecule has 12 heteroatoms. The van der Waals surface area contributed by atoms with Crippen molar-refractivity contribution in [3.05, 3.63) is 76.6 Å². The van der Waals surface area contributed by atoms with Gasteiger partial charge in [0.2, 0.25) is 25.0 Å². The smallest absolute Gasteiger partial charge is 0.275 e.